The highest BCUT2D eigenvalue weighted by atomic mass is 32.2. The van der Waals surface area contributed by atoms with E-state index in [4.69, 9.17) is 12.2 Å². The molecule has 0 spiro atoms. The highest BCUT2D eigenvalue weighted by Crippen LogP contribution is 2.23. The van der Waals surface area contributed by atoms with Crippen LogP contribution in [0.3, 0.4) is 0 Å². The van der Waals surface area contributed by atoms with Gasteiger partial charge in [-0.1, -0.05) is 0 Å². The molecular weight excluding hydrogens is 208 g/mol. The van der Waals surface area contributed by atoms with Crippen LogP contribution in [-0.2, 0) is 9.84 Å². The van der Waals surface area contributed by atoms with Crippen LogP contribution in [0.1, 0.15) is 6.92 Å². The molecule has 2 unspecified atom stereocenters. The van der Waals surface area contributed by atoms with E-state index in [-0.39, 0.29) is 23.6 Å². The Kier molecular flexibility index (Phi) is 1.99. The van der Waals surface area contributed by atoms with E-state index >= 15 is 0 Å². The predicted molar refractivity (Wildman–Crippen MR) is 54.3 cm³/mol. The smallest absolute Gasteiger partial charge is 0.169 e. The summed E-state index contributed by atoms with van der Waals surface area (Å²) >= 11 is 5.09. The molecule has 2 saturated heterocycles. The highest BCUT2D eigenvalue weighted by Gasteiger charge is 2.46. The summed E-state index contributed by atoms with van der Waals surface area (Å²) in [6.45, 7) is 2.77. The summed E-state index contributed by atoms with van der Waals surface area (Å²) < 4.78 is 22.6. The number of rotatable bonds is 1. The van der Waals surface area contributed by atoms with Crippen LogP contribution in [0.5, 0.6) is 0 Å². The van der Waals surface area contributed by atoms with Crippen molar-refractivity contribution in [2.75, 3.05) is 18.1 Å². The van der Waals surface area contributed by atoms with Gasteiger partial charge in [-0.25, -0.2) is 8.42 Å². The molecule has 0 aromatic heterocycles. The second kappa shape index (κ2) is 2.81. The number of nitrogens with zero attached hydrogens (tertiary/aromatic N) is 1. The van der Waals surface area contributed by atoms with Gasteiger partial charge in [-0.15, -0.1) is 0 Å². The zero-order valence-electron chi connectivity index (χ0n) is 7.36. The van der Waals surface area contributed by atoms with Gasteiger partial charge in [0.05, 0.1) is 23.6 Å². The van der Waals surface area contributed by atoms with Gasteiger partial charge in [0.2, 0.25) is 0 Å². The van der Waals surface area contributed by atoms with Crippen molar-refractivity contribution in [1.82, 2.24) is 10.2 Å². The van der Waals surface area contributed by atoms with E-state index in [1.165, 1.54) is 0 Å². The first-order chi connectivity index (χ1) is 6.03. The number of thiocarbonyl (C=S) groups is 1. The number of hydrogen-bond acceptors (Lipinski definition) is 3. The lowest BCUT2D eigenvalue weighted by atomic mass is 10.2. The van der Waals surface area contributed by atoms with Crippen molar-refractivity contribution in [3.63, 3.8) is 0 Å². The predicted octanol–water partition coefficient (Wildman–Crippen LogP) is -0.638. The average Bonchev–Trinajstić information content (AvgIpc) is 2.39. The summed E-state index contributed by atoms with van der Waals surface area (Å²) in [6.07, 6.45) is 0. The van der Waals surface area contributed by atoms with Crippen LogP contribution in [0.4, 0.5) is 0 Å². The van der Waals surface area contributed by atoms with Gasteiger partial charge in [-0.2, -0.15) is 0 Å². The lowest BCUT2D eigenvalue weighted by molar-refractivity contribution is 0.371. The van der Waals surface area contributed by atoms with Crippen LogP contribution in [0, 0.1) is 0 Å². The maximum absolute atomic E-state index is 11.3. The third kappa shape index (κ3) is 1.42. The molecule has 0 amide bonds. The van der Waals surface area contributed by atoms with Crippen LogP contribution in [-0.4, -0.2) is 48.6 Å². The van der Waals surface area contributed by atoms with Gasteiger partial charge < -0.3 is 10.2 Å². The molecule has 2 aliphatic heterocycles. The van der Waals surface area contributed by atoms with Gasteiger partial charge >= 0.3 is 0 Å². The maximum atomic E-state index is 11.3. The Morgan fingerprint density at radius 3 is 2.92 bits per heavy atom. The molecule has 0 aromatic rings. The largest absolute Gasteiger partial charge is 0.357 e. The van der Waals surface area contributed by atoms with Gasteiger partial charge in [0.15, 0.2) is 14.9 Å². The molecule has 0 aliphatic carbocycles. The average molecular weight is 220 g/mol. The molecule has 1 N–H and O–H groups in total. The quantitative estimate of drug-likeness (QED) is 0.596. The molecule has 74 valence electrons. The molecule has 6 heteroatoms. The van der Waals surface area contributed by atoms with Crippen LogP contribution < -0.4 is 5.32 Å². The fraction of sp³-hybridized carbons (Fsp3) is 0.857. The van der Waals surface area contributed by atoms with Gasteiger partial charge in [-0.05, 0) is 19.1 Å². The number of likely N-dealkylation sites (N-methyl/N-ethyl adjacent to an activating group) is 1. The van der Waals surface area contributed by atoms with Crippen molar-refractivity contribution < 1.29 is 8.42 Å². The monoisotopic (exact) mass is 220 g/mol. The topological polar surface area (TPSA) is 49.4 Å². The van der Waals surface area contributed by atoms with Crippen molar-refractivity contribution >= 4 is 27.2 Å². The van der Waals surface area contributed by atoms with Crippen LogP contribution in [0.25, 0.3) is 0 Å². The Hall–Kier alpha value is -0.360. The summed E-state index contributed by atoms with van der Waals surface area (Å²) in [5.74, 6) is 0.479. The fourth-order valence-corrected chi connectivity index (χ4v) is 4.38. The third-order valence-electron chi connectivity index (χ3n) is 2.63. The Morgan fingerprint density at radius 2 is 2.31 bits per heavy atom. The van der Waals surface area contributed by atoms with Crippen LogP contribution >= 0.6 is 12.2 Å². The molecule has 13 heavy (non-hydrogen) atoms. The molecule has 2 heterocycles. The minimum Gasteiger partial charge on any atom is -0.357 e. The molecule has 2 atom stereocenters. The molecular formula is C7H12N2O2S2. The first-order valence-electron chi connectivity index (χ1n) is 4.31. The summed E-state index contributed by atoms with van der Waals surface area (Å²) in [5.41, 5.74) is 0. The Morgan fingerprint density at radius 1 is 1.62 bits per heavy atom. The summed E-state index contributed by atoms with van der Waals surface area (Å²) in [6, 6.07) is 0.0972. The molecule has 0 radical (unpaired) electrons. The molecule has 2 aliphatic rings. The Labute approximate surface area is 83.2 Å². The molecule has 2 rings (SSSR count). The van der Waals surface area contributed by atoms with Crippen molar-refractivity contribution in [1.29, 1.82) is 0 Å². The highest BCUT2D eigenvalue weighted by molar-refractivity contribution is 7.91. The molecule has 0 aromatic carbocycles. The van der Waals surface area contributed by atoms with Gasteiger partial charge in [0.1, 0.15) is 0 Å². The number of sulfone groups is 1. The second-order valence-corrected chi connectivity index (χ2v) is 6.03. The van der Waals surface area contributed by atoms with E-state index in [0.29, 0.717) is 5.11 Å². The summed E-state index contributed by atoms with van der Waals surface area (Å²) in [4.78, 5) is 1.96. The van der Waals surface area contributed by atoms with Gasteiger partial charge in [-0.3, -0.25) is 0 Å². The first kappa shape index (κ1) is 9.21. The van der Waals surface area contributed by atoms with E-state index in [2.05, 4.69) is 5.32 Å². The molecule has 0 bridgehead atoms. The Balaban J connectivity index is 2.24. The van der Waals surface area contributed by atoms with E-state index in [9.17, 15) is 8.42 Å². The lowest BCUT2D eigenvalue weighted by Gasteiger charge is -2.20. The van der Waals surface area contributed by atoms with E-state index in [0.717, 1.165) is 6.54 Å². The van der Waals surface area contributed by atoms with Crippen molar-refractivity contribution in [2.24, 2.45) is 0 Å². The molecule has 4 nitrogen and oxygen atoms in total. The first-order valence-corrected chi connectivity index (χ1v) is 6.54. The minimum atomic E-state index is -2.84. The SMILES string of the molecule is CCN1C(=S)NC2CS(=O)(=O)CC21. The minimum absolute atomic E-state index is 0.0254. The van der Waals surface area contributed by atoms with E-state index in [1.807, 2.05) is 11.8 Å². The molecule has 2 fully saturated rings. The second-order valence-electron chi connectivity index (χ2n) is 3.49. The zero-order valence-corrected chi connectivity index (χ0v) is 8.99. The van der Waals surface area contributed by atoms with Gasteiger partial charge in [0, 0.05) is 6.54 Å². The zero-order chi connectivity index (χ0) is 9.64. The van der Waals surface area contributed by atoms with Gasteiger partial charge in [0.25, 0.3) is 0 Å². The number of hydrogen-bond donors (Lipinski definition) is 1. The summed E-state index contributed by atoms with van der Waals surface area (Å²) in [7, 11) is -2.84. The van der Waals surface area contributed by atoms with Crippen molar-refractivity contribution in [3.05, 3.63) is 0 Å². The number of fused-ring (bicyclic) bond motifs is 1. The van der Waals surface area contributed by atoms with Crippen LogP contribution in [0.2, 0.25) is 0 Å². The lowest BCUT2D eigenvalue weighted by Crippen LogP contribution is -2.36. The number of nitrogens with one attached hydrogen (secondary N) is 1. The standard InChI is InChI=1S/C7H12N2O2S2/c1-2-9-6-4-13(10,11)3-5(6)8-7(9)12/h5-6H,2-4H2,1H3,(H,8,12). The maximum Gasteiger partial charge on any atom is 0.169 e. The van der Waals surface area contributed by atoms with Crippen LogP contribution in [0.15, 0.2) is 0 Å². The fourth-order valence-electron chi connectivity index (χ4n) is 2.04. The van der Waals surface area contributed by atoms with Crippen molar-refractivity contribution in [2.45, 2.75) is 19.0 Å². The molecule has 0 saturated carbocycles. The van der Waals surface area contributed by atoms with E-state index < -0.39 is 9.84 Å². The normalized spacial score (nSPS) is 36.1. The summed E-state index contributed by atoms with van der Waals surface area (Å²) in [5, 5.41) is 3.75. The van der Waals surface area contributed by atoms with E-state index in [1.54, 1.807) is 0 Å². The third-order valence-corrected chi connectivity index (χ3v) is 4.70. The van der Waals surface area contributed by atoms with Crippen molar-refractivity contribution in [3.8, 4) is 0 Å². The Bertz CT molecular complexity index is 338.